The van der Waals surface area contributed by atoms with Crippen molar-refractivity contribution in [3.8, 4) is 17.0 Å². The molecule has 2 aromatic rings. The number of ether oxygens (including phenoxy) is 1. The zero-order valence-electron chi connectivity index (χ0n) is 11.9. The first-order chi connectivity index (χ1) is 9.40. The lowest BCUT2D eigenvalue weighted by Gasteiger charge is -2.12. The minimum atomic E-state index is -2.48. The molecule has 106 valence electrons. The van der Waals surface area contributed by atoms with Crippen molar-refractivity contribution in [2.45, 2.75) is 6.92 Å². The van der Waals surface area contributed by atoms with Crippen molar-refractivity contribution in [2.24, 2.45) is 0 Å². The number of nitrogens with zero attached hydrogens (tertiary/aromatic N) is 3. The van der Waals surface area contributed by atoms with Crippen molar-refractivity contribution in [1.82, 2.24) is 15.2 Å². The molecule has 7 heteroatoms. The molecule has 0 atom stereocenters. The molecule has 0 saturated heterocycles. The first kappa shape index (κ1) is 14.5. The first-order valence-electron chi connectivity index (χ1n) is 6.08. The predicted octanol–water partition coefficient (Wildman–Crippen LogP) is 2.81. The number of benzene rings is 1. The van der Waals surface area contributed by atoms with Crippen LogP contribution in [0.15, 0.2) is 24.3 Å². The molecule has 1 heterocycles. The van der Waals surface area contributed by atoms with Crippen molar-refractivity contribution in [2.75, 3.05) is 25.5 Å². The molecule has 0 aliphatic heterocycles. The third kappa shape index (κ3) is 3.33. The van der Waals surface area contributed by atoms with Gasteiger partial charge in [0.15, 0.2) is 7.29 Å². The van der Waals surface area contributed by atoms with Crippen molar-refractivity contribution >= 4 is 13.2 Å². The van der Waals surface area contributed by atoms with E-state index in [9.17, 15) is 4.57 Å². The van der Waals surface area contributed by atoms with Crippen molar-refractivity contribution in [1.29, 1.82) is 0 Å². The zero-order chi connectivity index (χ0) is 14.8. The Morgan fingerprint density at radius 1 is 1.20 bits per heavy atom. The van der Waals surface area contributed by atoms with Crippen LogP contribution in [0.5, 0.6) is 5.75 Å². The molecule has 0 aliphatic rings. The van der Waals surface area contributed by atoms with Crippen molar-refractivity contribution < 1.29 is 9.30 Å². The lowest BCUT2D eigenvalue weighted by molar-refractivity contribution is 0.416. The van der Waals surface area contributed by atoms with Gasteiger partial charge >= 0.3 is 0 Å². The molecule has 0 unspecified atom stereocenters. The molecule has 0 saturated carbocycles. The van der Waals surface area contributed by atoms with E-state index in [2.05, 4.69) is 20.3 Å². The van der Waals surface area contributed by atoms with Gasteiger partial charge < -0.3 is 14.4 Å². The number of hydrogen-bond acceptors (Lipinski definition) is 5. The number of rotatable bonds is 4. The molecule has 1 N–H and O–H groups in total. The Morgan fingerprint density at radius 3 is 2.55 bits per heavy atom. The van der Waals surface area contributed by atoms with E-state index in [1.807, 2.05) is 31.2 Å². The second-order valence-corrected chi connectivity index (χ2v) is 7.66. The van der Waals surface area contributed by atoms with Gasteiger partial charge in [0.25, 0.3) is 0 Å². The summed E-state index contributed by atoms with van der Waals surface area (Å²) in [6.07, 6.45) is 0. The molecule has 0 amide bonds. The standard InChI is InChI=1S/C13H17N4O2P/c1-9-12(10-7-5-6-8-11(10)19-2)14-13(16-15-9)17-20(3,4)18/h5-8H,1-4H3,(H,14,16,17,18). The highest BCUT2D eigenvalue weighted by molar-refractivity contribution is 7.63. The van der Waals surface area contributed by atoms with Gasteiger partial charge in [0.05, 0.1) is 12.8 Å². The molecule has 20 heavy (non-hydrogen) atoms. The van der Waals surface area contributed by atoms with E-state index in [1.165, 1.54) is 0 Å². The monoisotopic (exact) mass is 292 g/mol. The largest absolute Gasteiger partial charge is 0.496 e. The highest BCUT2D eigenvalue weighted by Gasteiger charge is 2.15. The molecular weight excluding hydrogens is 275 g/mol. The fourth-order valence-corrected chi connectivity index (χ4v) is 2.34. The van der Waals surface area contributed by atoms with Crippen LogP contribution in [-0.4, -0.2) is 35.6 Å². The fraction of sp³-hybridized carbons (Fsp3) is 0.308. The number of aryl methyl sites for hydroxylation is 1. The average molecular weight is 292 g/mol. The van der Waals surface area contributed by atoms with E-state index in [1.54, 1.807) is 20.4 Å². The maximum absolute atomic E-state index is 11.8. The van der Waals surface area contributed by atoms with Gasteiger partial charge in [-0.25, -0.2) is 4.98 Å². The van der Waals surface area contributed by atoms with Crippen LogP contribution < -0.4 is 9.82 Å². The van der Waals surface area contributed by atoms with E-state index < -0.39 is 7.29 Å². The number of aromatic nitrogens is 3. The minimum absolute atomic E-state index is 0.254. The number of para-hydroxylation sites is 1. The molecular formula is C13H17N4O2P. The van der Waals surface area contributed by atoms with E-state index >= 15 is 0 Å². The van der Waals surface area contributed by atoms with Gasteiger partial charge in [-0.15, -0.1) is 10.2 Å². The van der Waals surface area contributed by atoms with Gasteiger partial charge in [0.2, 0.25) is 5.95 Å². The van der Waals surface area contributed by atoms with Crippen LogP contribution in [0, 0.1) is 6.92 Å². The highest BCUT2D eigenvalue weighted by atomic mass is 31.2. The molecule has 6 nitrogen and oxygen atoms in total. The second-order valence-electron chi connectivity index (χ2n) is 4.73. The van der Waals surface area contributed by atoms with Crippen LogP contribution in [0.3, 0.4) is 0 Å². The maximum atomic E-state index is 11.8. The van der Waals surface area contributed by atoms with Gasteiger partial charge in [0.1, 0.15) is 11.4 Å². The Morgan fingerprint density at radius 2 is 1.90 bits per heavy atom. The Hall–Kier alpha value is -1.94. The Labute approximate surface area is 118 Å². The van der Waals surface area contributed by atoms with Gasteiger partial charge in [-0.2, -0.15) is 0 Å². The van der Waals surface area contributed by atoms with E-state index in [4.69, 9.17) is 4.74 Å². The van der Waals surface area contributed by atoms with E-state index in [0.717, 1.165) is 5.56 Å². The SMILES string of the molecule is COc1ccccc1-c1nc(NP(C)(C)=O)nnc1C. The quantitative estimate of drug-likeness (QED) is 0.873. The van der Waals surface area contributed by atoms with Crippen LogP contribution >= 0.6 is 7.29 Å². The minimum Gasteiger partial charge on any atom is -0.496 e. The second kappa shape index (κ2) is 5.59. The fourth-order valence-electron chi connectivity index (χ4n) is 1.76. The molecule has 1 aromatic carbocycles. The number of anilines is 1. The summed E-state index contributed by atoms with van der Waals surface area (Å²) in [5, 5.41) is 10.8. The normalized spacial score (nSPS) is 11.2. The molecule has 0 spiro atoms. The summed E-state index contributed by atoms with van der Waals surface area (Å²) in [5.74, 6) is 0.961. The third-order valence-electron chi connectivity index (χ3n) is 2.59. The molecule has 0 aliphatic carbocycles. The van der Waals surface area contributed by atoms with E-state index in [0.29, 0.717) is 17.1 Å². The predicted molar refractivity (Wildman–Crippen MR) is 79.6 cm³/mol. The maximum Gasteiger partial charge on any atom is 0.248 e. The Balaban J connectivity index is 2.51. The highest BCUT2D eigenvalue weighted by Crippen LogP contribution is 2.36. The summed E-state index contributed by atoms with van der Waals surface area (Å²) in [4.78, 5) is 4.40. The van der Waals surface area contributed by atoms with Gasteiger partial charge in [0, 0.05) is 18.9 Å². The van der Waals surface area contributed by atoms with Crippen LogP contribution in [-0.2, 0) is 4.57 Å². The molecule has 0 radical (unpaired) electrons. The molecule has 1 aromatic heterocycles. The number of methoxy groups -OCH3 is 1. The van der Waals surface area contributed by atoms with Crippen LogP contribution in [0.25, 0.3) is 11.3 Å². The summed E-state index contributed by atoms with van der Waals surface area (Å²) in [5.41, 5.74) is 2.17. The van der Waals surface area contributed by atoms with Crippen LogP contribution in [0.4, 0.5) is 5.95 Å². The summed E-state index contributed by atoms with van der Waals surface area (Å²) in [7, 11) is -0.874. The van der Waals surface area contributed by atoms with Crippen LogP contribution in [0.2, 0.25) is 0 Å². The topological polar surface area (TPSA) is 77.0 Å². The number of nitrogens with one attached hydrogen (secondary N) is 1. The lowest BCUT2D eigenvalue weighted by atomic mass is 10.1. The van der Waals surface area contributed by atoms with E-state index in [-0.39, 0.29) is 5.95 Å². The zero-order valence-corrected chi connectivity index (χ0v) is 12.8. The van der Waals surface area contributed by atoms with Crippen molar-refractivity contribution in [3.63, 3.8) is 0 Å². The molecule has 0 fully saturated rings. The molecule has 0 bridgehead atoms. The average Bonchev–Trinajstić information content (AvgIpc) is 2.39. The summed E-state index contributed by atoms with van der Waals surface area (Å²) in [6.45, 7) is 5.04. The van der Waals surface area contributed by atoms with Crippen LogP contribution in [0.1, 0.15) is 5.69 Å². The number of hydrogen-bond donors (Lipinski definition) is 1. The smallest absolute Gasteiger partial charge is 0.248 e. The summed E-state index contributed by atoms with van der Waals surface area (Å²) >= 11 is 0. The lowest BCUT2D eigenvalue weighted by Crippen LogP contribution is -2.04. The van der Waals surface area contributed by atoms with Gasteiger partial charge in [-0.05, 0) is 19.1 Å². The Kier molecular flexibility index (Phi) is 4.04. The Bertz CT molecular complexity index is 669. The summed E-state index contributed by atoms with van der Waals surface area (Å²) in [6, 6.07) is 7.54. The first-order valence-corrected chi connectivity index (χ1v) is 8.69. The van der Waals surface area contributed by atoms with Crippen molar-refractivity contribution in [3.05, 3.63) is 30.0 Å². The summed E-state index contributed by atoms with van der Waals surface area (Å²) < 4.78 is 17.1. The third-order valence-corrected chi connectivity index (χ3v) is 3.32. The van der Waals surface area contributed by atoms with Gasteiger partial charge in [-0.1, -0.05) is 12.1 Å². The molecule has 2 rings (SSSR count). The van der Waals surface area contributed by atoms with Gasteiger partial charge in [-0.3, -0.25) is 0 Å².